The van der Waals surface area contributed by atoms with Gasteiger partial charge in [0.15, 0.2) is 0 Å². The number of hydrogen-bond donors (Lipinski definition) is 1. The van der Waals surface area contributed by atoms with Crippen LogP contribution in [0.4, 0.5) is 5.69 Å². The summed E-state index contributed by atoms with van der Waals surface area (Å²) >= 11 is 0. The van der Waals surface area contributed by atoms with Gasteiger partial charge < -0.3 is 10.2 Å². The number of rotatable bonds is 7. The second-order valence-electron chi connectivity index (χ2n) is 7.47. The minimum absolute atomic E-state index is 0.567. The lowest BCUT2D eigenvalue weighted by atomic mass is 9.78. The lowest BCUT2D eigenvalue weighted by Gasteiger charge is -2.31. The van der Waals surface area contributed by atoms with Crippen LogP contribution in [0, 0.1) is 11.3 Å². The van der Waals surface area contributed by atoms with Crippen LogP contribution in [0.2, 0.25) is 0 Å². The SMILES string of the molecule is CC(C)CC1(CNCc2ccc(N(C)C)cc2)CCCC1. The molecule has 2 nitrogen and oxygen atoms in total. The van der Waals surface area contributed by atoms with Gasteiger partial charge in [-0.05, 0) is 48.3 Å². The number of hydrogen-bond acceptors (Lipinski definition) is 2. The molecule has 0 bridgehead atoms. The van der Waals surface area contributed by atoms with Gasteiger partial charge in [-0.15, -0.1) is 0 Å². The van der Waals surface area contributed by atoms with Crippen molar-refractivity contribution in [2.24, 2.45) is 11.3 Å². The third-order valence-electron chi connectivity index (χ3n) is 4.79. The van der Waals surface area contributed by atoms with E-state index in [9.17, 15) is 0 Å². The smallest absolute Gasteiger partial charge is 0.0361 e. The second kappa shape index (κ2) is 7.31. The average Bonchev–Trinajstić information content (AvgIpc) is 2.87. The third-order valence-corrected chi connectivity index (χ3v) is 4.79. The van der Waals surface area contributed by atoms with Gasteiger partial charge in [0.05, 0.1) is 0 Å². The van der Waals surface area contributed by atoms with Crippen LogP contribution >= 0.6 is 0 Å². The van der Waals surface area contributed by atoms with Gasteiger partial charge in [0.2, 0.25) is 0 Å². The fraction of sp³-hybridized carbons (Fsp3) is 0.684. The molecule has 0 aliphatic heterocycles. The van der Waals surface area contributed by atoms with E-state index in [2.05, 4.69) is 62.4 Å². The summed E-state index contributed by atoms with van der Waals surface area (Å²) in [6.07, 6.45) is 7.05. The van der Waals surface area contributed by atoms with Gasteiger partial charge in [0.1, 0.15) is 0 Å². The highest BCUT2D eigenvalue weighted by Crippen LogP contribution is 2.42. The monoisotopic (exact) mass is 288 g/mol. The number of nitrogens with one attached hydrogen (secondary N) is 1. The van der Waals surface area contributed by atoms with Gasteiger partial charge in [0, 0.05) is 32.9 Å². The summed E-state index contributed by atoms with van der Waals surface area (Å²) in [4.78, 5) is 2.15. The highest BCUT2D eigenvalue weighted by Gasteiger charge is 2.33. The summed E-state index contributed by atoms with van der Waals surface area (Å²) in [7, 11) is 4.17. The number of nitrogens with zero attached hydrogens (tertiary/aromatic N) is 1. The molecule has 0 atom stereocenters. The van der Waals surface area contributed by atoms with Crippen LogP contribution in [-0.2, 0) is 6.54 Å². The molecule has 2 heteroatoms. The van der Waals surface area contributed by atoms with E-state index in [4.69, 9.17) is 0 Å². The standard InChI is InChI=1S/C19H32N2/c1-16(2)13-19(11-5-6-12-19)15-20-14-17-7-9-18(10-8-17)21(3)4/h7-10,16,20H,5-6,11-15H2,1-4H3. The lowest BCUT2D eigenvalue weighted by molar-refractivity contribution is 0.223. The Balaban J connectivity index is 1.84. The molecule has 1 fully saturated rings. The Morgan fingerprint density at radius 1 is 1.10 bits per heavy atom. The maximum atomic E-state index is 3.72. The van der Waals surface area contributed by atoms with Crippen LogP contribution in [0.25, 0.3) is 0 Å². The van der Waals surface area contributed by atoms with Gasteiger partial charge in [-0.2, -0.15) is 0 Å². The molecule has 0 amide bonds. The number of anilines is 1. The Kier molecular flexibility index (Phi) is 5.69. The van der Waals surface area contributed by atoms with Crippen molar-refractivity contribution in [2.75, 3.05) is 25.5 Å². The van der Waals surface area contributed by atoms with E-state index >= 15 is 0 Å². The fourth-order valence-electron chi connectivity index (χ4n) is 3.83. The first-order chi connectivity index (χ1) is 10.0. The van der Waals surface area contributed by atoms with E-state index < -0.39 is 0 Å². The Morgan fingerprint density at radius 2 is 1.71 bits per heavy atom. The van der Waals surface area contributed by atoms with E-state index in [0.717, 1.165) is 12.5 Å². The van der Waals surface area contributed by atoms with Crippen LogP contribution in [0.1, 0.15) is 51.5 Å². The van der Waals surface area contributed by atoms with Crippen molar-refractivity contribution in [2.45, 2.75) is 52.5 Å². The van der Waals surface area contributed by atoms with Crippen molar-refractivity contribution in [3.05, 3.63) is 29.8 Å². The molecule has 1 saturated carbocycles. The molecule has 0 heterocycles. The molecule has 21 heavy (non-hydrogen) atoms. The molecule has 1 N–H and O–H groups in total. The molecule has 0 aromatic heterocycles. The van der Waals surface area contributed by atoms with Crippen LogP contribution in [-0.4, -0.2) is 20.6 Å². The summed E-state index contributed by atoms with van der Waals surface area (Å²) in [5.74, 6) is 0.810. The molecule has 1 aliphatic carbocycles. The minimum Gasteiger partial charge on any atom is -0.378 e. The highest BCUT2D eigenvalue weighted by atomic mass is 15.1. The van der Waals surface area contributed by atoms with Gasteiger partial charge in [-0.25, -0.2) is 0 Å². The van der Waals surface area contributed by atoms with E-state index in [1.165, 1.54) is 49.9 Å². The topological polar surface area (TPSA) is 15.3 Å². The van der Waals surface area contributed by atoms with Crippen LogP contribution in [0.15, 0.2) is 24.3 Å². The fourth-order valence-corrected chi connectivity index (χ4v) is 3.83. The molecule has 1 aromatic carbocycles. The van der Waals surface area contributed by atoms with Gasteiger partial charge in [0.25, 0.3) is 0 Å². The summed E-state index contributed by atoms with van der Waals surface area (Å²) in [5, 5.41) is 3.72. The molecule has 0 unspecified atom stereocenters. The first kappa shape index (κ1) is 16.4. The Labute approximate surface area is 130 Å². The number of benzene rings is 1. The van der Waals surface area contributed by atoms with Gasteiger partial charge in [-0.1, -0.05) is 38.8 Å². The predicted molar refractivity (Wildman–Crippen MR) is 92.8 cm³/mol. The maximum Gasteiger partial charge on any atom is 0.0361 e. The summed E-state index contributed by atoms with van der Waals surface area (Å²) in [5.41, 5.74) is 3.22. The second-order valence-corrected chi connectivity index (χ2v) is 7.47. The van der Waals surface area contributed by atoms with E-state index in [0.29, 0.717) is 5.41 Å². The zero-order valence-corrected chi connectivity index (χ0v) is 14.3. The Bertz CT molecular complexity index is 414. The maximum absolute atomic E-state index is 3.72. The first-order valence-electron chi connectivity index (χ1n) is 8.48. The first-order valence-corrected chi connectivity index (χ1v) is 8.48. The molecule has 1 aromatic rings. The molecule has 1 aliphatic rings. The van der Waals surface area contributed by atoms with E-state index in [1.807, 2.05) is 0 Å². The highest BCUT2D eigenvalue weighted by molar-refractivity contribution is 5.45. The van der Waals surface area contributed by atoms with Crippen LogP contribution in [0.5, 0.6) is 0 Å². The molecular weight excluding hydrogens is 256 g/mol. The quantitative estimate of drug-likeness (QED) is 0.797. The molecule has 2 rings (SSSR count). The van der Waals surface area contributed by atoms with Crippen LogP contribution < -0.4 is 10.2 Å². The third kappa shape index (κ3) is 4.74. The molecular formula is C19H32N2. The zero-order chi connectivity index (χ0) is 15.3. The largest absolute Gasteiger partial charge is 0.378 e. The summed E-state index contributed by atoms with van der Waals surface area (Å²) in [6, 6.07) is 8.89. The van der Waals surface area contributed by atoms with Crippen molar-refractivity contribution in [3.8, 4) is 0 Å². The average molecular weight is 288 g/mol. The zero-order valence-electron chi connectivity index (χ0n) is 14.3. The molecule has 0 radical (unpaired) electrons. The van der Waals surface area contributed by atoms with Gasteiger partial charge in [-0.3, -0.25) is 0 Å². The molecule has 0 spiro atoms. The van der Waals surface area contributed by atoms with Crippen LogP contribution in [0.3, 0.4) is 0 Å². The van der Waals surface area contributed by atoms with Crippen molar-refractivity contribution in [3.63, 3.8) is 0 Å². The van der Waals surface area contributed by atoms with Crippen molar-refractivity contribution in [1.29, 1.82) is 0 Å². The summed E-state index contributed by atoms with van der Waals surface area (Å²) in [6.45, 7) is 6.90. The van der Waals surface area contributed by atoms with Gasteiger partial charge >= 0.3 is 0 Å². The lowest BCUT2D eigenvalue weighted by Crippen LogP contribution is -2.33. The van der Waals surface area contributed by atoms with E-state index in [-0.39, 0.29) is 0 Å². The van der Waals surface area contributed by atoms with E-state index in [1.54, 1.807) is 0 Å². The van der Waals surface area contributed by atoms with Crippen molar-refractivity contribution >= 4 is 5.69 Å². The normalized spacial score (nSPS) is 17.4. The van der Waals surface area contributed by atoms with Crippen molar-refractivity contribution in [1.82, 2.24) is 5.32 Å². The Morgan fingerprint density at radius 3 is 2.24 bits per heavy atom. The predicted octanol–water partition coefficient (Wildman–Crippen LogP) is 4.45. The van der Waals surface area contributed by atoms with Crippen molar-refractivity contribution < 1.29 is 0 Å². The summed E-state index contributed by atoms with van der Waals surface area (Å²) < 4.78 is 0. The minimum atomic E-state index is 0.567. The molecule has 0 saturated heterocycles. The molecule has 118 valence electrons. The Hall–Kier alpha value is -1.02.